The Morgan fingerprint density at radius 2 is 1.77 bits per heavy atom. The molecule has 0 unspecified atom stereocenters. The van der Waals surface area contributed by atoms with E-state index in [1.54, 1.807) is 31.2 Å². The number of carboxylic acids is 1. The molecule has 0 radical (unpaired) electrons. The minimum atomic E-state index is -1.03. The number of carbonyl (C=O) groups excluding carboxylic acids is 2. The molecule has 2 rings (SSSR count). The largest absolute Gasteiger partial charge is 0.495 e. The van der Waals surface area contributed by atoms with Gasteiger partial charge in [0.1, 0.15) is 12.3 Å². The Labute approximate surface area is 175 Å². The predicted molar refractivity (Wildman–Crippen MR) is 114 cm³/mol. The molecule has 3 amide bonds. The van der Waals surface area contributed by atoms with Crippen LogP contribution in [0.3, 0.4) is 0 Å². The molecule has 0 fully saturated rings. The number of methoxy groups -OCH3 is 1. The quantitative estimate of drug-likeness (QED) is 0.468. The van der Waals surface area contributed by atoms with E-state index in [4.69, 9.17) is 9.84 Å². The van der Waals surface area contributed by atoms with Gasteiger partial charge in [-0.1, -0.05) is 31.2 Å². The summed E-state index contributed by atoms with van der Waals surface area (Å²) in [5.74, 6) is -0.977. The number of nitrogens with one attached hydrogen (secondary N) is 3. The van der Waals surface area contributed by atoms with Crippen LogP contribution in [-0.4, -0.2) is 48.2 Å². The molecule has 0 atom stereocenters. The van der Waals surface area contributed by atoms with Crippen molar-refractivity contribution in [1.29, 1.82) is 0 Å². The SMILES string of the molecule is CCN(CC(=O)O)NC(=O)Cc1ccc(NC(=O)Nc2ccccc2C)c(OC)c1. The van der Waals surface area contributed by atoms with Crippen molar-refractivity contribution < 1.29 is 24.2 Å². The molecule has 0 aliphatic carbocycles. The van der Waals surface area contributed by atoms with Gasteiger partial charge in [0, 0.05) is 12.2 Å². The van der Waals surface area contributed by atoms with E-state index in [-0.39, 0.29) is 18.9 Å². The maximum atomic E-state index is 12.3. The number of para-hydroxylation sites is 1. The zero-order valence-corrected chi connectivity index (χ0v) is 17.2. The summed E-state index contributed by atoms with van der Waals surface area (Å²) in [6.07, 6.45) is 0.0299. The third-order valence-corrected chi connectivity index (χ3v) is 4.26. The first-order valence-electron chi connectivity index (χ1n) is 9.39. The Morgan fingerprint density at radius 1 is 1.07 bits per heavy atom. The minimum Gasteiger partial charge on any atom is -0.495 e. The summed E-state index contributed by atoms with van der Waals surface area (Å²) in [6, 6.07) is 12.0. The number of likely N-dealkylation sites (N-methyl/N-ethyl adjacent to an activating group) is 1. The standard InChI is InChI=1S/C21H26N4O5/c1-4-25(13-20(27)28)24-19(26)12-15-9-10-17(18(11-15)30-3)23-21(29)22-16-8-6-5-7-14(16)2/h5-11H,4,12-13H2,1-3H3,(H,24,26)(H,27,28)(H2,22,23,29). The van der Waals surface area contributed by atoms with Crippen molar-refractivity contribution in [2.24, 2.45) is 0 Å². The number of amides is 3. The zero-order valence-electron chi connectivity index (χ0n) is 17.2. The van der Waals surface area contributed by atoms with Gasteiger partial charge in [-0.25, -0.2) is 9.80 Å². The van der Waals surface area contributed by atoms with E-state index in [0.717, 1.165) is 5.56 Å². The molecule has 0 saturated heterocycles. The second kappa shape index (κ2) is 10.8. The van der Waals surface area contributed by atoms with Gasteiger partial charge in [0.05, 0.1) is 19.2 Å². The van der Waals surface area contributed by atoms with Crippen LogP contribution in [0, 0.1) is 6.92 Å². The van der Waals surface area contributed by atoms with E-state index in [1.807, 2.05) is 25.1 Å². The van der Waals surface area contributed by atoms with Crippen molar-refractivity contribution in [3.8, 4) is 5.75 Å². The van der Waals surface area contributed by atoms with Crippen LogP contribution in [0.25, 0.3) is 0 Å². The summed E-state index contributed by atoms with van der Waals surface area (Å²) >= 11 is 0. The molecule has 0 aliphatic heterocycles. The highest BCUT2D eigenvalue weighted by atomic mass is 16.5. The molecule has 160 valence electrons. The lowest BCUT2D eigenvalue weighted by atomic mass is 10.1. The van der Waals surface area contributed by atoms with Crippen LogP contribution >= 0.6 is 0 Å². The number of hydrazine groups is 1. The van der Waals surface area contributed by atoms with Gasteiger partial charge in [0.15, 0.2) is 0 Å². The summed E-state index contributed by atoms with van der Waals surface area (Å²) in [5, 5.41) is 15.7. The number of anilines is 2. The van der Waals surface area contributed by atoms with Crippen LogP contribution in [0.2, 0.25) is 0 Å². The number of carbonyl (C=O) groups is 3. The minimum absolute atomic E-state index is 0.0299. The smallest absolute Gasteiger partial charge is 0.323 e. The average molecular weight is 414 g/mol. The normalized spacial score (nSPS) is 10.4. The summed E-state index contributed by atoms with van der Waals surface area (Å²) in [4.78, 5) is 35.3. The van der Waals surface area contributed by atoms with Crippen LogP contribution in [0.15, 0.2) is 42.5 Å². The van der Waals surface area contributed by atoms with E-state index in [0.29, 0.717) is 29.2 Å². The Morgan fingerprint density at radius 3 is 2.40 bits per heavy atom. The van der Waals surface area contributed by atoms with E-state index in [1.165, 1.54) is 12.1 Å². The highest BCUT2D eigenvalue weighted by molar-refractivity contribution is 6.01. The lowest BCUT2D eigenvalue weighted by Gasteiger charge is -2.19. The topological polar surface area (TPSA) is 120 Å². The number of benzene rings is 2. The lowest BCUT2D eigenvalue weighted by molar-refractivity contribution is -0.140. The van der Waals surface area contributed by atoms with Crippen LogP contribution < -0.4 is 20.8 Å². The summed E-state index contributed by atoms with van der Waals surface area (Å²) < 4.78 is 5.33. The number of ether oxygens (including phenoxy) is 1. The van der Waals surface area contributed by atoms with Crippen molar-refractivity contribution in [2.45, 2.75) is 20.3 Å². The number of urea groups is 1. The first-order valence-corrected chi connectivity index (χ1v) is 9.39. The third kappa shape index (κ3) is 6.78. The van der Waals surface area contributed by atoms with Gasteiger partial charge in [0.25, 0.3) is 0 Å². The fraction of sp³-hybridized carbons (Fsp3) is 0.286. The van der Waals surface area contributed by atoms with Crippen LogP contribution in [0.5, 0.6) is 5.75 Å². The molecule has 2 aromatic rings. The summed E-state index contributed by atoms with van der Waals surface area (Å²) in [7, 11) is 1.47. The van der Waals surface area contributed by atoms with E-state index in [2.05, 4.69) is 16.1 Å². The maximum Gasteiger partial charge on any atom is 0.323 e. The van der Waals surface area contributed by atoms with Gasteiger partial charge in [-0.2, -0.15) is 0 Å². The maximum absolute atomic E-state index is 12.3. The van der Waals surface area contributed by atoms with Gasteiger partial charge in [0.2, 0.25) is 5.91 Å². The summed E-state index contributed by atoms with van der Waals surface area (Å²) in [6.45, 7) is 3.71. The first kappa shape index (κ1) is 22.7. The van der Waals surface area contributed by atoms with Gasteiger partial charge in [-0.3, -0.25) is 15.0 Å². The molecular weight excluding hydrogens is 388 g/mol. The highest BCUT2D eigenvalue weighted by Gasteiger charge is 2.14. The fourth-order valence-electron chi connectivity index (χ4n) is 2.73. The Hall–Kier alpha value is -3.59. The molecule has 2 aromatic carbocycles. The van der Waals surface area contributed by atoms with Crippen molar-refractivity contribution in [3.05, 3.63) is 53.6 Å². The Bertz CT molecular complexity index is 916. The molecule has 0 aliphatic rings. The third-order valence-electron chi connectivity index (χ3n) is 4.26. The van der Waals surface area contributed by atoms with Gasteiger partial charge >= 0.3 is 12.0 Å². The molecule has 0 bridgehead atoms. The lowest BCUT2D eigenvalue weighted by Crippen LogP contribution is -2.45. The van der Waals surface area contributed by atoms with Crippen LogP contribution in [0.4, 0.5) is 16.2 Å². The van der Waals surface area contributed by atoms with Crippen molar-refractivity contribution in [1.82, 2.24) is 10.4 Å². The molecule has 0 aromatic heterocycles. The molecule has 9 nitrogen and oxygen atoms in total. The monoisotopic (exact) mass is 414 g/mol. The molecule has 0 heterocycles. The van der Waals surface area contributed by atoms with Crippen molar-refractivity contribution >= 4 is 29.3 Å². The average Bonchev–Trinajstić information content (AvgIpc) is 2.69. The second-order valence-corrected chi connectivity index (χ2v) is 6.55. The van der Waals surface area contributed by atoms with E-state index >= 15 is 0 Å². The molecule has 4 N–H and O–H groups in total. The number of hydrogen-bond acceptors (Lipinski definition) is 5. The second-order valence-electron chi connectivity index (χ2n) is 6.55. The number of carboxylic acid groups (broad SMARTS) is 1. The van der Waals surface area contributed by atoms with Gasteiger partial charge in [-0.05, 0) is 36.2 Å². The number of nitrogens with zero attached hydrogens (tertiary/aromatic N) is 1. The number of rotatable bonds is 9. The number of aryl methyl sites for hydroxylation is 1. The molecular formula is C21H26N4O5. The van der Waals surface area contributed by atoms with E-state index < -0.39 is 12.0 Å². The number of aliphatic carboxylic acids is 1. The zero-order chi connectivity index (χ0) is 22.1. The molecule has 0 spiro atoms. The first-order chi connectivity index (χ1) is 14.3. The fourth-order valence-corrected chi connectivity index (χ4v) is 2.73. The molecule has 9 heteroatoms. The van der Waals surface area contributed by atoms with Gasteiger partial charge < -0.3 is 20.5 Å². The van der Waals surface area contributed by atoms with Crippen LogP contribution in [-0.2, 0) is 16.0 Å². The van der Waals surface area contributed by atoms with E-state index in [9.17, 15) is 14.4 Å². The van der Waals surface area contributed by atoms with Crippen molar-refractivity contribution in [3.63, 3.8) is 0 Å². The highest BCUT2D eigenvalue weighted by Crippen LogP contribution is 2.26. The Balaban J connectivity index is 2.02. The Kier molecular flexibility index (Phi) is 8.18. The number of hydrogen-bond donors (Lipinski definition) is 4. The van der Waals surface area contributed by atoms with Crippen LogP contribution in [0.1, 0.15) is 18.1 Å². The van der Waals surface area contributed by atoms with Gasteiger partial charge in [-0.15, -0.1) is 0 Å². The predicted octanol–water partition coefficient (Wildman–Crippen LogP) is 2.63. The summed E-state index contributed by atoms with van der Waals surface area (Å²) in [5.41, 5.74) is 5.30. The van der Waals surface area contributed by atoms with Crippen molar-refractivity contribution in [2.75, 3.05) is 30.8 Å². The molecule has 30 heavy (non-hydrogen) atoms. The molecule has 0 saturated carbocycles.